The average Bonchev–Trinajstić information content (AvgIpc) is 2.58. The van der Waals surface area contributed by atoms with E-state index in [0.29, 0.717) is 5.69 Å². The lowest BCUT2D eigenvalue weighted by molar-refractivity contribution is -0.117. The molecule has 0 bridgehead atoms. The molecule has 1 amide bonds. The molecule has 0 radical (unpaired) electrons. The van der Waals surface area contributed by atoms with E-state index in [4.69, 9.17) is 21.5 Å². The lowest BCUT2D eigenvalue weighted by Crippen LogP contribution is -2.28. The van der Waals surface area contributed by atoms with Crippen LogP contribution in [0.2, 0.25) is 0 Å². The summed E-state index contributed by atoms with van der Waals surface area (Å²) < 4.78 is 35.3. The summed E-state index contributed by atoms with van der Waals surface area (Å²) in [4.78, 5) is 12.3. The van der Waals surface area contributed by atoms with Gasteiger partial charge in [0.05, 0.1) is 10.6 Å². The fourth-order valence-electron chi connectivity index (χ4n) is 1.37. The van der Waals surface area contributed by atoms with Crippen molar-refractivity contribution >= 4 is 39.1 Å². The number of amides is 1. The fraction of sp³-hybridized carbons (Fsp3) is 0.111. The largest absolute Gasteiger partial charge is 0.460 e. The van der Waals surface area contributed by atoms with Crippen LogP contribution in [0.4, 0.5) is 5.69 Å². The molecule has 1 saturated heterocycles. The van der Waals surface area contributed by atoms with Crippen molar-refractivity contribution in [2.75, 3.05) is 11.5 Å². The zero-order chi connectivity index (χ0) is 12.6. The minimum Gasteiger partial charge on any atom is -0.460 e. The van der Waals surface area contributed by atoms with E-state index in [1.165, 1.54) is 24.3 Å². The minimum absolute atomic E-state index is 0.0228. The standard InChI is InChI=1S/C9H7NO5S2/c11-8-5-15-9(16)10(8)6-1-3-7(4-2-6)17(12,13)14/h1-4H,5H2,(H,12,13,14). The first-order chi connectivity index (χ1) is 7.89. The van der Waals surface area contributed by atoms with E-state index >= 15 is 0 Å². The lowest BCUT2D eigenvalue weighted by atomic mass is 10.3. The lowest BCUT2D eigenvalue weighted by Gasteiger charge is -2.12. The van der Waals surface area contributed by atoms with Crippen LogP contribution in [0.1, 0.15) is 0 Å². The van der Waals surface area contributed by atoms with Crippen molar-refractivity contribution in [3.05, 3.63) is 24.3 Å². The second-order valence-electron chi connectivity index (χ2n) is 3.25. The molecular weight excluding hydrogens is 266 g/mol. The van der Waals surface area contributed by atoms with Crippen LogP contribution in [0.3, 0.4) is 0 Å². The van der Waals surface area contributed by atoms with Gasteiger partial charge in [-0.2, -0.15) is 8.42 Å². The highest BCUT2D eigenvalue weighted by atomic mass is 32.2. The fourth-order valence-corrected chi connectivity index (χ4v) is 2.12. The predicted octanol–water partition coefficient (Wildman–Crippen LogP) is 0.581. The van der Waals surface area contributed by atoms with Crippen LogP contribution in [0, 0.1) is 0 Å². The highest BCUT2D eigenvalue weighted by Gasteiger charge is 2.29. The Morgan fingerprint density at radius 3 is 2.29 bits per heavy atom. The van der Waals surface area contributed by atoms with Gasteiger partial charge in [0.15, 0.2) is 6.61 Å². The Hall–Kier alpha value is -1.51. The third kappa shape index (κ3) is 2.28. The Balaban J connectivity index is 2.36. The number of benzene rings is 1. The van der Waals surface area contributed by atoms with Crippen LogP contribution in [0.5, 0.6) is 0 Å². The van der Waals surface area contributed by atoms with Crippen LogP contribution in [-0.4, -0.2) is 30.7 Å². The Labute approximate surface area is 103 Å². The molecule has 8 heteroatoms. The van der Waals surface area contributed by atoms with E-state index in [2.05, 4.69) is 0 Å². The summed E-state index contributed by atoms with van der Waals surface area (Å²) in [5, 5.41) is 0.0228. The summed E-state index contributed by atoms with van der Waals surface area (Å²) >= 11 is 4.82. The maximum atomic E-state index is 11.4. The first-order valence-corrected chi connectivity index (χ1v) is 6.32. The quantitative estimate of drug-likeness (QED) is 0.627. The monoisotopic (exact) mass is 273 g/mol. The Morgan fingerprint density at radius 2 is 1.88 bits per heavy atom. The first kappa shape index (κ1) is 12.0. The number of anilines is 1. The summed E-state index contributed by atoms with van der Waals surface area (Å²) in [5.41, 5.74) is 0.393. The number of hydrogen-bond donors (Lipinski definition) is 1. The Morgan fingerprint density at radius 1 is 1.29 bits per heavy atom. The molecule has 1 fully saturated rings. The summed E-state index contributed by atoms with van der Waals surface area (Å²) in [6.45, 7) is -0.126. The summed E-state index contributed by atoms with van der Waals surface area (Å²) in [5.74, 6) is -0.324. The molecule has 17 heavy (non-hydrogen) atoms. The minimum atomic E-state index is -4.24. The molecule has 6 nitrogen and oxygen atoms in total. The van der Waals surface area contributed by atoms with Gasteiger partial charge in [-0.15, -0.1) is 0 Å². The molecular formula is C9H7NO5S2. The van der Waals surface area contributed by atoms with E-state index in [1.54, 1.807) is 0 Å². The van der Waals surface area contributed by atoms with Crippen LogP contribution in [0.15, 0.2) is 29.2 Å². The van der Waals surface area contributed by atoms with Gasteiger partial charge in [0.25, 0.3) is 21.2 Å². The zero-order valence-electron chi connectivity index (χ0n) is 8.36. The van der Waals surface area contributed by atoms with Crippen molar-refractivity contribution in [1.29, 1.82) is 0 Å². The molecule has 90 valence electrons. The van der Waals surface area contributed by atoms with E-state index in [0.717, 1.165) is 4.90 Å². The number of hydrogen-bond acceptors (Lipinski definition) is 5. The molecule has 1 aliphatic rings. The second kappa shape index (κ2) is 4.06. The molecule has 1 aromatic carbocycles. The van der Waals surface area contributed by atoms with Crippen LogP contribution in [-0.2, 0) is 19.6 Å². The van der Waals surface area contributed by atoms with Gasteiger partial charge in [-0.05, 0) is 36.5 Å². The van der Waals surface area contributed by atoms with Gasteiger partial charge in [0.2, 0.25) is 0 Å². The number of thiocarbonyl (C=S) groups is 1. The number of carbonyl (C=O) groups excluding carboxylic acids is 1. The molecule has 0 saturated carbocycles. The first-order valence-electron chi connectivity index (χ1n) is 4.47. The smallest absolute Gasteiger partial charge is 0.294 e. The van der Waals surface area contributed by atoms with Gasteiger partial charge < -0.3 is 4.74 Å². The molecule has 0 aliphatic carbocycles. The van der Waals surface area contributed by atoms with Crippen molar-refractivity contribution in [2.45, 2.75) is 4.90 Å². The van der Waals surface area contributed by atoms with Gasteiger partial charge in [-0.25, -0.2) is 4.90 Å². The highest BCUT2D eigenvalue weighted by Crippen LogP contribution is 2.21. The molecule has 0 unspecified atom stereocenters. The average molecular weight is 273 g/mol. The van der Waals surface area contributed by atoms with E-state index in [-0.39, 0.29) is 22.6 Å². The summed E-state index contributed by atoms with van der Waals surface area (Å²) in [6, 6.07) is 5.09. The molecule has 1 N–H and O–H groups in total. The van der Waals surface area contributed by atoms with Crippen molar-refractivity contribution in [3.8, 4) is 0 Å². The van der Waals surface area contributed by atoms with E-state index < -0.39 is 10.1 Å². The van der Waals surface area contributed by atoms with Gasteiger partial charge >= 0.3 is 0 Å². The number of ether oxygens (including phenoxy) is 1. The third-order valence-corrected chi connectivity index (χ3v) is 3.31. The zero-order valence-corrected chi connectivity index (χ0v) is 9.99. The van der Waals surface area contributed by atoms with Crippen molar-refractivity contribution in [2.24, 2.45) is 0 Å². The van der Waals surface area contributed by atoms with Gasteiger partial charge in [-0.1, -0.05) is 0 Å². The SMILES string of the molecule is O=C1COC(=S)N1c1ccc(S(=O)(=O)O)cc1. The maximum Gasteiger partial charge on any atom is 0.294 e. The number of nitrogens with zero attached hydrogens (tertiary/aromatic N) is 1. The molecule has 0 aromatic heterocycles. The third-order valence-electron chi connectivity index (χ3n) is 2.14. The Bertz CT molecular complexity index is 562. The molecule has 0 spiro atoms. The van der Waals surface area contributed by atoms with Crippen molar-refractivity contribution in [3.63, 3.8) is 0 Å². The second-order valence-corrected chi connectivity index (χ2v) is 5.02. The van der Waals surface area contributed by atoms with Gasteiger partial charge in [0.1, 0.15) is 0 Å². The predicted molar refractivity (Wildman–Crippen MR) is 62.3 cm³/mol. The summed E-state index contributed by atoms with van der Waals surface area (Å²) in [6.07, 6.45) is 0. The molecule has 2 rings (SSSR count). The van der Waals surface area contributed by atoms with E-state index in [1.807, 2.05) is 0 Å². The van der Waals surface area contributed by atoms with Crippen LogP contribution >= 0.6 is 12.2 Å². The molecule has 1 aromatic rings. The van der Waals surface area contributed by atoms with Crippen LogP contribution in [0.25, 0.3) is 0 Å². The van der Waals surface area contributed by atoms with Crippen molar-refractivity contribution in [1.82, 2.24) is 0 Å². The van der Waals surface area contributed by atoms with Gasteiger partial charge in [0, 0.05) is 0 Å². The number of carbonyl (C=O) groups is 1. The molecule has 1 heterocycles. The van der Waals surface area contributed by atoms with Crippen molar-refractivity contribution < 1.29 is 22.5 Å². The van der Waals surface area contributed by atoms with Gasteiger partial charge in [-0.3, -0.25) is 9.35 Å². The highest BCUT2D eigenvalue weighted by molar-refractivity contribution is 7.85. The Kier molecular flexibility index (Phi) is 2.86. The normalized spacial score (nSPS) is 16.2. The van der Waals surface area contributed by atoms with Crippen LogP contribution < -0.4 is 4.90 Å². The maximum absolute atomic E-state index is 11.4. The number of rotatable bonds is 2. The molecule has 0 atom stereocenters. The van der Waals surface area contributed by atoms with E-state index in [9.17, 15) is 13.2 Å². The molecule has 1 aliphatic heterocycles. The summed E-state index contributed by atoms with van der Waals surface area (Å²) in [7, 11) is -4.24. The topological polar surface area (TPSA) is 83.9 Å².